The summed E-state index contributed by atoms with van der Waals surface area (Å²) in [5.74, 6) is 0.328. The second-order valence-electron chi connectivity index (χ2n) is 7.20. The van der Waals surface area contributed by atoms with Gasteiger partial charge in [0.05, 0.1) is 6.26 Å². The first-order valence-corrected chi connectivity index (χ1v) is 11.4. The third-order valence-corrected chi connectivity index (χ3v) is 6.06. The summed E-state index contributed by atoms with van der Waals surface area (Å²) in [5.41, 5.74) is 2.27. The molecule has 0 saturated carbocycles. The molecule has 1 saturated heterocycles. The Bertz CT molecular complexity index is 1000. The van der Waals surface area contributed by atoms with Crippen molar-refractivity contribution in [3.8, 4) is 5.75 Å². The van der Waals surface area contributed by atoms with Gasteiger partial charge in [0.1, 0.15) is 5.75 Å². The molecule has 2 amide bonds. The Morgan fingerprint density at radius 2 is 1.80 bits per heavy atom. The van der Waals surface area contributed by atoms with E-state index in [0.29, 0.717) is 17.9 Å². The van der Waals surface area contributed by atoms with Crippen molar-refractivity contribution in [2.24, 2.45) is 0 Å². The van der Waals surface area contributed by atoms with Crippen LogP contribution in [-0.4, -0.2) is 51.0 Å². The standard InChI is InChI=1S/C21H25N3O5S/c1-23(30(2,27)28)14-16-5-11-19(12-6-16)29-15-20(25)22-17-7-9-18(10-8-17)24-13-3-4-21(24)26/h5-12H,3-4,13-15H2,1-2H3,(H,22,25). The number of ether oxygens (including phenoxy) is 1. The van der Waals surface area contributed by atoms with Gasteiger partial charge in [-0.2, -0.15) is 0 Å². The molecule has 1 aliphatic heterocycles. The summed E-state index contributed by atoms with van der Waals surface area (Å²) in [6, 6.07) is 14.0. The van der Waals surface area contributed by atoms with Crippen molar-refractivity contribution in [3.63, 3.8) is 0 Å². The zero-order valence-corrected chi connectivity index (χ0v) is 17.8. The number of nitrogens with one attached hydrogen (secondary N) is 1. The molecule has 0 bridgehead atoms. The Morgan fingerprint density at radius 3 is 2.37 bits per heavy atom. The van der Waals surface area contributed by atoms with Crippen molar-refractivity contribution in [1.82, 2.24) is 4.31 Å². The molecule has 1 N–H and O–H groups in total. The highest BCUT2D eigenvalue weighted by Gasteiger charge is 2.21. The molecule has 1 aliphatic rings. The number of hydrogen-bond acceptors (Lipinski definition) is 5. The number of carbonyl (C=O) groups excluding carboxylic acids is 2. The molecule has 0 spiro atoms. The van der Waals surface area contributed by atoms with E-state index in [9.17, 15) is 18.0 Å². The molecule has 0 radical (unpaired) electrons. The van der Waals surface area contributed by atoms with E-state index >= 15 is 0 Å². The van der Waals surface area contributed by atoms with Crippen molar-refractivity contribution in [1.29, 1.82) is 0 Å². The average Bonchev–Trinajstić information content (AvgIpc) is 3.13. The molecule has 30 heavy (non-hydrogen) atoms. The minimum atomic E-state index is -3.24. The highest BCUT2D eigenvalue weighted by molar-refractivity contribution is 7.88. The number of anilines is 2. The van der Waals surface area contributed by atoms with E-state index < -0.39 is 10.0 Å². The smallest absolute Gasteiger partial charge is 0.262 e. The third-order valence-electron chi connectivity index (χ3n) is 4.80. The van der Waals surface area contributed by atoms with Crippen LogP contribution in [0, 0.1) is 0 Å². The Labute approximate surface area is 176 Å². The fourth-order valence-corrected chi connectivity index (χ4v) is 3.44. The van der Waals surface area contributed by atoms with Crippen molar-refractivity contribution in [3.05, 3.63) is 54.1 Å². The van der Waals surface area contributed by atoms with Crippen LogP contribution in [0.1, 0.15) is 18.4 Å². The van der Waals surface area contributed by atoms with Crippen molar-refractivity contribution < 1.29 is 22.7 Å². The summed E-state index contributed by atoms with van der Waals surface area (Å²) in [6.45, 7) is 0.829. The molecule has 0 aromatic heterocycles. The normalized spacial score (nSPS) is 14.2. The van der Waals surface area contributed by atoms with Gasteiger partial charge in [0.2, 0.25) is 15.9 Å². The highest BCUT2D eigenvalue weighted by Crippen LogP contribution is 2.23. The van der Waals surface area contributed by atoms with Crippen LogP contribution < -0.4 is 15.0 Å². The van der Waals surface area contributed by atoms with Gasteiger partial charge >= 0.3 is 0 Å². The van der Waals surface area contributed by atoms with Crippen molar-refractivity contribution in [2.45, 2.75) is 19.4 Å². The summed E-state index contributed by atoms with van der Waals surface area (Å²) in [4.78, 5) is 25.7. The molecule has 0 aliphatic carbocycles. The lowest BCUT2D eigenvalue weighted by molar-refractivity contribution is -0.118. The van der Waals surface area contributed by atoms with Gasteiger partial charge in [0.15, 0.2) is 6.61 Å². The predicted octanol–water partition coefficient (Wildman–Crippen LogP) is 2.22. The van der Waals surface area contributed by atoms with Gasteiger partial charge in [-0.3, -0.25) is 9.59 Å². The number of carbonyl (C=O) groups is 2. The lowest BCUT2D eigenvalue weighted by Crippen LogP contribution is -2.24. The Kier molecular flexibility index (Phi) is 6.73. The van der Waals surface area contributed by atoms with Gasteiger partial charge < -0.3 is 15.0 Å². The van der Waals surface area contributed by atoms with Crippen LogP contribution in [0.25, 0.3) is 0 Å². The van der Waals surface area contributed by atoms with E-state index in [1.54, 1.807) is 41.3 Å². The van der Waals surface area contributed by atoms with E-state index in [0.717, 1.165) is 30.5 Å². The van der Waals surface area contributed by atoms with E-state index in [1.165, 1.54) is 11.4 Å². The van der Waals surface area contributed by atoms with Crippen LogP contribution in [0.15, 0.2) is 48.5 Å². The van der Waals surface area contributed by atoms with Crippen LogP contribution in [0.3, 0.4) is 0 Å². The second kappa shape index (κ2) is 9.27. The number of benzene rings is 2. The van der Waals surface area contributed by atoms with Gasteiger partial charge in [-0.15, -0.1) is 0 Å². The first-order valence-electron chi connectivity index (χ1n) is 9.56. The van der Waals surface area contributed by atoms with Crippen LogP contribution in [0.5, 0.6) is 5.75 Å². The van der Waals surface area contributed by atoms with E-state index in [-0.39, 0.29) is 25.0 Å². The van der Waals surface area contributed by atoms with Crippen LogP contribution in [-0.2, 0) is 26.2 Å². The third kappa shape index (κ3) is 5.80. The molecular formula is C21H25N3O5S. The van der Waals surface area contributed by atoms with E-state index in [1.807, 2.05) is 12.1 Å². The molecule has 2 aromatic carbocycles. The maximum atomic E-state index is 12.1. The van der Waals surface area contributed by atoms with Gasteiger partial charge in [-0.25, -0.2) is 12.7 Å². The quantitative estimate of drug-likeness (QED) is 0.691. The number of sulfonamides is 1. The molecule has 1 fully saturated rings. The first kappa shape index (κ1) is 21.8. The Hall–Kier alpha value is -2.91. The highest BCUT2D eigenvalue weighted by atomic mass is 32.2. The molecule has 1 heterocycles. The van der Waals surface area contributed by atoms with Crippen molar-refractivity contribution >= 4 is 33.2 Å². The van der Waals surface area contributed by atoms with Gasteiger partial charge in [0, 0.05) is 37.9 Å². The fourth-order valence-electron chi connectivity index (χ4n) is 3.06. The zero-order valence-electron chi connectivity index (χ0n) is 17.0. The molecule has 0 atom stereocenters. The summed E-state index contributed by atoms with van der Waals surface area (Å²) < 4.78 is 29.7. The minimum absolute atomic E-state index is 0.120. The molecular weight excluding hydrogens is 406 g/mol. The Balaban J connectivity index is 1.48. The molecule has 9 heteroatoms. The number of nitrogens with zero attached hydrogens (tertiary/aromatic N) is 2. The number of amides is 2. The summed E-state index contributed by atoms with van der Waals surface area (Å²) in [7, 11) is -1.73. The van der Waals surface area contributed by atoms with Gasteiger partial charge in [-0.05, 0) is 48.4 Å². The van der Waals surface area contributed by atoms with Gasteiger partial charge in [-0.1, -0.05) is 12.1 Å². The molecule has 160 valence electrons. The number of rotatable bonds is 8. The van der Waals surface area contributed by atoms with Gasteiger partial charge in [0.25, 0.3) is 5.91 Å². The van der Waals surface area contributed by atoms with Crippen LogP contribution in [0.4, 0.5) is 11.4 Å². The molecule has 2 aromatic rings. The topological polar surface area (TPSA) is 96.0 Å². The number of hydrogen-bond donors (Lipinski definition) is 1. The lowest BCUT2D eigenvalue weighted by atomic mass is 10.2. The van der Waals surface area contributed by atoms with E-state index in [2.05, 4.69) is 5.32 Å². The summed E-state index contributed by atoms with van der Waals surface area (Å²) in [6.07, 6.45) is 2.60. The Morgan fingerprint density at radius 1 is 1.13 bits per heavy atom. The fraction of sp³-hybridized carbons (Fsp3) is 0.333. The maximum Gasteiger partial charge on any atom is 0.262 e. The molecule has 3 rings (SSSR count). The summed E-state index contributed by atoms with van der Waals surface area (Å²) >= 11 is 0. The van der Waals surface area contributed by atoms with Crippen LogP contribution in [0.2, 0.25) is 0 Å². The van der Waals surface area contributed by atoms with Crippen LogP contribution >= 0.6 is 0 Å². The predicted molar refractivity (Wildman–Crippen MR) is 115 cm³/mol. The average molecular weight is 432 g/mol. The summed E-state index contributed by atoms with van der Waals surface area (Å²) in [5, 5.41) is 2.75. The minimum Gasteiger partial charge on any atom is -0.484 e. The SMILES string of the molecule is CN(Cc1ccc(OCC(=O)Nc2ccc(N3CCCC3=O)cc2)cc1)S(C)(=O)=O. The monoisotopic (exact) mass is 431 g/mol. The van der Waals surface area contributed by atoms with Crippen molar-refractivity contribution in [2.75, 3.05) is 36.7 Å². The van der Waals surface area contributed by atoms with E-state index in [4.69, 9.17) is 4.74 Å². The lowest BCUT2D eigenvalue weighted by Gasteiger charge is -2.16. The first-order chi connectivity index (χ1) is 14.2. The molecule has 0 unspecified atom stereocenters. The largest absolute Gasteiger partial charge is 0.484 e. The molecule has 8 nitrogen and oxygen atoms in total. The second-order valence-corrected chi connectivity index (χ2v) is 9.29. The maximum absolute atomic E-state index is 12.1. The zero-order chi connectivity index (χ0) is 21.7.